The topological polar surface area (TPSA) is 59.5 Å². The monoisotopic (exact) mass is 386 g/mol. The number of benzene rings is 2. The number of cyclic esters (lactones) is 1. The Balaban J connectivity index is 1.64. The summed E-state index contributed by atoms with van der Waals surface area (Å²) < 4.78 is 5.79. The van der Waals surface area contributed by atoms with Crippen molar-refractivity contribution >= 4 is 12.0 Å². The van der Waals surface area contributed by atoms with Gasteiger partial charge in [-0.1, -0.05) is 73.7 Å². The van der Waals surface area contributed by atoms with E-state index < -0.39 is 11.7 Å². The van der Waals surface area contributed by atoms with Crippen LogP contribution < -0.4 is 0 Å². The van der Waals surface area contributed by atoms with E-state index in [1.54, 1.807) is 0 Å². The first-order valence-corrected chi connectivity index (χ1v) is 9.75. The maximum atomic E-state index is 13.5. The molecule has 2 aromatic carbocycles. The van der Waals surface area contributed by atoms with Gasteiger partial charge >= 0.3 is 6.09 Å². The Morgan fingerprint density at radius 2 is 1.52 bits per heavy atom. The van der Waals surface area contributed by atoms with E-state index >= 15 is 0 Å². The molecule has 146 valence electrons. The Bertz CT molecular complexity index is 962. The van der Waals surface area contributed by atoms with Gasteiger partial charge in [0.1, 0.15) is 0 Å². The summed E-state index contributed by atoms with van der Waals surface area (Å²) in [5.74, 6) is -0.370. The van der Waals surface area contributed by atoms with Crippen molar-refractivity contribution in [1.29, 1.82) is 0 Å². The number of hydrogen-bond donors (Lipinski definition) is 0. The molecule has 1 aromatic heterocycles. The van der Waals surface area contributed by atoms with Crippen LogP contribution in [0.5, 0.6) is 0 Å². The minimum absolute atomic E-state index is 0.220. The third-order valence-corrected chi connectivity index (χ3v) is 5.25. The van der Waals surface area contributed by atoms with Crippen LogP contribution in [0, 0.1) is 0 Å². The van der Waals surface area contributed by atoms with Crippen molar-refractivity contribution < 1.29 is 14.3 Å². The standard InChI is InChI=1S/C24H22N2O3/c1-2-18-13-14-21(25-17-18)15-16-26-22(27)24(29-23(26)28,19-9-5-3-6-10-19)20-11-7-4-8-12-20/h3-14,17H,2,15-16H2,1H3. The average molecular weight is 386 g/mol. The molecule has 0 atom stereocenters. The van der Waals surface area contributed by atoms with Gasteiger partial charge in [0.2, 0.25) is 5.60 Å². The van der Waals surface area contributed by atoms with Gasteiger partial charge in [-0.25, -0.2) is 9.69 Å². The molecule has 2 amide bonds. The molecule has 1 aliphatic rings. The lowest BCUT2D eigenvalue weighted by molar-refractivity contribution is -0.134. The zero-order valence-electron chi connectivity index (χ0n) is 16.2. The third kappa shape index (κ3) is 3.40. The van der Waals surface area contributed by atoms with E-state index in [-0.39, 0.29) is 12.5 Å². The van der Waals surface area contributed by atoms with Crippen LogP contribution in [0.15, 0.2) is 79.0 Å². The Morgan fingerprint density at radius 1 is 0.897 bits per heavy atom. The van der Waals surface area contributed by atoms with E-state index in [0.29, 0.717) is 17.5 Å². The molecular formula is C24H22N2O3. The van der Waals surface area contributed by atoms with Gasteiger partial charge in [-0.3, -0.25) is 9.78 Å². The molecular weight excluding hydrogens is 364 g/mol. The predicted octanol–water partition coefficient (Wildman–Crippen LogP) is 4.11. The molecule has 0 spiro atoms. The summed E-state index contributed by atoms with van der Waals surface area (Å²) in [5, 5.41) is 0. The van der Waals surface area contributed by atoms with Crippen LogP contribution in [0.2, 0.25) is 0 Å². The van der Waals surface area contributed by atoms with Crippen LogP contribution in [-0.4, -0.2) is 28.4 Å². The summed E-state index contributed by atoms with van der Waals surface area (Å²) in [6, 6.07) is 22.3. The minimum atomic E-state index is -1.46. The van der Waals surface area contributed by atoms with Gasteiger partial charge in [0.25, 0.3) is 5.91 Å². The quantitative estimate of drug-likeness (QED) is 0.640. The predicted molar refractivity (Wildman–Crippen MR) is 109 cm³/mol. The molecule has 0 saturated carbocycles. The van der Waals surface area contributed by atoms with E-state index in [1.165, 1.54) is 4.90 Å². The first-order valence-electron chi connectivity index (χ1n) is 9.75. The number of hydrogen-bond acceptors (Lipinski definition) is 4. The number of rotatable bonds is 6. The SMILES string of the molecule is CCc1ccc(CCN2C(=O)OC(c3ccccc3)(c3ccccc3)C2=O)nc1. The van der Waals surface area contributed by atoms with Crippen molar-refractivity contribution in [1.82, 2.24) is 9.88 Å². The van der Waals surface area contributed by atoms with Crippen LogP contribution in [0.25, 0.3) is 0 Å². The van der Waals surface area contributed by atoms with Crippen molar-refractivity contribution in [3.63, 3.8) is 0 Å². The zero-order valence-corrected chi connectivity index (χ0v) is 16.2. The molecule has 4 rings (SSSR count). The summed E-state index contributed by atoms with van der Waals surface area (Å²) in [7, 11) is 0. The Hall–Kier alpha value is -3.47. The van der Waals surface area contributed by atoms with Gasteiger partial charge < -0.3 is 4.74 Å². The highest BCUT2D eigenvalue weighted by atomic mass is 16.6. The summed E-state index contributed by atoms with van der Waals surface area (Å²) in [6.07, 6.45) is 2.59. The highest BCUT2D eigenvalue weighted by molar-refractivity contribution is 6.05. The molecule has 2 heterocycles. The average Bonchev–Trinajstić information content (AvgIpc) is 3.04. The Kier molecular flexibility index (Phi) is 5.12. The highest BCUT2D eigenvalue weighted by Crippen LogP contribution is 2.40. The lowest BCUT2D eigenvalue weighted by Crippen LogP contribution is -2.40. The largest absolute Gasteiger partial charge is 0.422 e. The number of imide groups is 1. The molecule has 1 saturated heterocycles. The summed E-state index contributed by atoms with van der Waals surface area (Å²) in [5.41, 5.74) is 1.80. The van der Waals surface area contributed by atoms with Crippen molar-refractivity contribution in [2.24, 2.45) is 0 Å². The molecule has 29 heavy (non-hydrogen) atoms. The minimum Gasteiger partial charge on any atom is -0.422 e. The molecule has 1 fully saturated rings. The normalized spacial score (nSPS) is 15.4. The Labute approximate surface area is 170 Å². The summed E-state index contributed by atoms with van der Waals surface area (Å²) >= 11 is 0. The molecule has 0 unspecified atom stereocenters. The van der Waals surface area contributed by atoms with Gasteiger partial charge in [-0.05, 0) is 18.1 Å². The van der Waals surface area contributed by atoms with Gasteiger partial charge in [0, 0.05) is 36.0 Å². The zero-order chi connectivity index (χ0) is 20.3. The van der Waals surface area contributed by atoms with Gasteiger partial charge in [-0.15, -0.1) is 0 Å². The molecule has 5 nitrogen and oxygen atoms in total. The number of carbonyl (C=O) groups excluding carboxylic acids is 2. The number of ether oxygens (including phenoxy) is 1. The summed E-state index contributed by atoms with van der Waals surface area (Å²) in [4.78, 5) is 31.9. The lowest BCUT2D eigenvalue weighted by atomic mass is 9.85. The molecule has 0 radical (unpaired) electrons. The van der Waals surface area contributed by atoms with Crippen LogP contribution in [0.1, 0.15) is 29.3 Å². The fourth-order valence-corrected chi connectivity index (χ4v) is 3.61. The maximum absolute atomic E-state index is 13.5. The number of aromatic nitrogens is 1. The van der Waals surface area contributed by atoms with Crippen LogP contribution >= 0.6 is 0 Å². The smallest absolute Gasteiger partial charge is 0.418 e. The van der Waals surface area contributed by atoms with E-state index in [9.17, 15) is 9.59 Å². The number of pyridine rings is 1. The second kappa shape index (κ2) is 7.87. The maximum Gasteiger partial charge on any atom is 0.418 e. The number of aryl methyl sites for hydroxylation is 1. The molecule has 1 aliphatic heterocycles. The van der Waals surface area contributed by atoms with Crippen molar-refractivity contribution in [2.45, 2.75) is 25.4 Å². The van der Waals surface area contributed by atoms with Crippen molar-refractivity contribution in [3.05, 3.63) is 101 Å². The number of nitrogens with zero attached hydrogens (tertiary/aromatic N) is 2. The van der Waals surface area contributed by atoms with E-state index in [0.717, 1.165) is 17.7 Å². The lowest BCUT2D eigenvalue weighted by Gasteiger charge is -2.26. The van der Waals surface area contributed by atoms with Gasteiger partial charge in [0.05, 0.1) is 0 Å². The number of carbonyl (C=O) groups is 2. The molecule has 0 N–H and O–H groups in total. The van der Waals surface area contributed by atoms with Crippen LogP contribution in [0.3, 0.4) is 0 Å². The second-order valence-electron chi connectivity index (χ2n) is 7.00. The first kappa shape index (κ1) is 18.9. The molecule has 0 aliphatic carbocycles. The van der Waals surface area contributed by atoms with Gasteiger partial charge in [0.15, 0.2) is 0 Å². The fourth-order valence-electron chi connectivity index (χ4n) is 3.61. The second-order valence-corrected chi connectivity index (χ2v) is 7.00. The summed E-state index contributed by atoms with van der Waals surface area (Å²) in [6.45, 7) is 2.29. The third-order valence-electron chi connectivity index (χ3n) is 5.25. The van der Waals surface area contributed by atoms with Crippen molar-refractivity contribution in [3.8, 4) is 0 Å². The molecule has 3 aromatic rings. The van der Waals surface area contributed by atoms with Crippen molar-refractivity contribution in [2.75, 3.05) is 6.54 Å². The van der Waals surface area contributed by atoms with Crippen LogP contribution in [0.4, 0.5) is 4.79 Å². The van der Waals surface area contributed by atoms with Gasteiger partial charge in [-0.2, -0.15) is 0 Å². The first-order chi connectivity index (χ1) is 14.1. The molecule has 0 bridgehead atoms. The van der Waals surface area contributed by atoms with Crippen LogP contribution in [-0.2, 0) is 28.0 Å². The molecule has 5 heteroatoms. The van der Waals surface area contributed by atoms with E-state index in [1.807, 2.05) is 79.0 Å². The Morgan fingerprint density at radius 3 is 2.03 bits per heavy atom. The number of amides is 2. The van der Waals surface area contributed by atoms with E-state index in [2.05, 4.69) is 11.9 Å². The highest BCUT2D eigenvalue weighted by Gasteiger charge is 2.56. The van der Waals surface area contributed by atoms with E-state index in [4.69, 9.17) is 4.74 Å². The fraction of sp³-hybridized carbons (Fsp3) is 0.208.